The molecule has 4 atom stereocenters. The van der Waals surface area contributed by atoms with Gasteiger partial charge in [0.1, 0.15) is 53.8 Å². The molecule has 0 bridgehead atoms. The predicted octanol–water partition coefficient (Wildman–Crippen LogP) is 11.8. The number of benzene rings is 4. The van der Waals surface area contributed by atoms with E-state index in [1.807, 2.05) is 204 Å². The van der Waals surface area contributed by atoms with E-state index in [9.17, 15) is 0 Å². The van der Waals surface area contributed by atoms with Gasteiger partial charge in [0.25, 0.3) is 0 Å². The van der Waals surface area contributed by atoms with E-state index in [-0.39, 0.29) is 116 Å². The van der Waals surface area contributed by atoms with E-state index in [1.54, 1.807) is 0 Å². The van der Waals surface area contributed by atoms with Crippen molar-refractivity contribution in [3.63, 3.8) is 0 Å². The van der Waals surface area contributed by atoms with Crippen LogP contribution in [0.25, 0.3) is 0 Å². The van der Waals surface area contributed by atoms with Crippen molar-refractivity contribution in [3.8, 4) is 0 Å². The summed E-state index contributed by atoms with van der Waals surface area (Å²) in [6, 6.07) is 37.2. The van der Waals surface area contributed by atoms with Crippen molar-refractivity contribution >= 4 is 122 Å². The Morgan fingerprint density at radius 2 is 0.459 bits per heavy atom. The number of hydrogen-bond donors (Lipinski definition) is 0. The Morgan fingerprint density at radius 3 is 0.574 bits per heavy atom. The normalized spacial score (nSPS) is 13.6. The molecule has 4 rings (SSSR count). The van der Waals surface area contributed by atoms with Crippen molar-refractivity contribution in [1.29, 1.82) is 0 Å². The van der Waals surface area contributed by atoms with E-state index >= 15 is 17.3 Å². The van der Waals surface area contributed by atoms with Gasteiger partial charge in [0.15, 0.2) is 0 Å². The molecule has 0 aliphatic carbocycles. The smallest absolute Gasteiger partial charge is 0.670 e. The largest absolute Gasteiger partial charge is 2.00 e. The molecule has 0 N–H and O–H groups in total. The Labute approximate surface area is 439 Å². The Kier molecular flexibility index (Phi) is 36.4. The standard InChI is InChI=1S/2C20H28BF2O2P2.2Pd.4S.W/c2*1-19(2,3)26(17-13-9-7-10-14-17)24-21(22,23)25-27(20(4,5)6)18-15-11-8-12-16-18;;;;;;;/h2*7-16H,1-6H3;;;;;;;/q2*-1;;;4*-2;/p+4. The van der Waals surface area contributed by atoms with Crippen LogP contribution in [-0.2, 0) is 134 Å². The quantitative estimate of drug-likeness (QED) is 0.0805. The summed E-state index contributed by atoms with van der Waals surface area (Å²) >= 11 is 0. The summed E-state index contributed by atoms with van der Waals surface area (Å²) in [5, 5.41) is 1.69. The molecule has 0 heterocycles. The first-order valence-electron chi connectivity index (χ1n) is 18.3. The van der Waals surface area contributed by atoms with Crippen LogP contribution in [0.4, 0.5) is 17.3 Å². The molecule has 61 heavy (non-hydrogen) atoms. The van der Waals surface area contributed by atoms with Gasteiger partial charge < -0.3 is 89.0 Å². The molecule has 0 radical (unpaired) electrons. The Balaban J connectivity index is -0.000000307. The van der Waals surface area contributed by atoms with Crippen LogP contribution in [0.3, 0.4) is 0 Å². The molecule has 0 aromatic heterocycles. The first kappa shape index (κ1) is 71.7. The van der Waals surface area contributed by atoms with Gasteiger partial charge in [-0.05, 0) is 132 Å². The minimum Gasteiger partial charge on any atom is -2.00 e. The van der Waals surface area contributed by atoms with E-state index in [0.717, 1.165) is 21.2 Å². The molecule has 4 aromatic rings. The molecule has 4 unspecified atom stereocenters. The van der Waals surface area contributed by atoms with Crippen molar-refractivity contribution in [3.05, 3.63) is 121 Å². The van der Waals surface area contributed by atoms with Crippen LogP contribution in [-0.4, -0.2) is 34.8 Å². The monoisotopic (exact) mass is 1350 g/mol. The first-order chi connectivity index (χ1) is 24.8. The topological polar surface area (TPSA) is 36.9 Å². The van der Waals surface area contributed by atoms with Crippen LogP contribution in [0.1, 0.15) is 83.1 Å². The predicted molar refractivity (Wildman–Crippen MR) is 266 cm³/mol. The number of halogens is 4. The van der Waals surface area contributed by atoms with Crippen LogP contribution < -0.4 is 21.2 Å². The average Bonchev–Trinajstić information content (AvgIpc) is 3.08. The fourth-order valence-electron chi connectivity index (χ4n) is 5.67. The second-order valence-corrected chi connectivity index (χ2v) is 29.2. The number of rotatable bonds is 12. The zero-order valence-electron chi connectivity index (χ0n) is 36.5. The summed E-state index contributed by atoms with van der Waals surface area (Å²) in [5.74, 6) is 0. The zero-order valence-corrected chi connectivity index (χ0v) is 49.8. The van der Waals surface area contributed by atoms with Crippen LogP contribution in [0.15, 0.2) is 121 Å². The summed E-state index contributed by atoms with van der Waals surface area (Å²) in [5.41, 5.74) is 0. The van der Waals surface area contributed by atoms with Gasteiger partial charge in [0, 0.05) is 61.9 Å². The fourth-order valence-corrected chi connectivity index (χ4v) is 14.6. The third kappa shape index (κ3) is 25.0. The fraction of sp³-hybridized carbons (Fsp3) is 0.400. The average molecular weight is 1350 g/mol. The van der Waals surface area contributed by atoms with Gasteiger partial charge in [-0.2, -0.15) is 0 Å². The SMILES string of the molecule is CC(C)(C)[PH+](O[B-](F)(F)O[PH+](c1ccccc1)C(C)(C)C)c1ccccc1.CC(C)(C)[PH+](O[B-](F)(F)O[PH+](c1ccccc1)C(C)(C)C)c1ccccc1.[Pd].[Pd].[S-2].[S-2].[S-2].[S-2].[W]. The van der Waals surface area contributed by atoms with Gasteiger partial charge >= 0.3 is 14.2 Å². The Morgan fingerprint density at radius 1 is 0.328 bits per heavy atom. The van der Waals surface area contributed by atoms with Crippen molar-refractivity contribution in [1.82, 2.24) is 0 Å². The summed E-state index contributed by atoms with van der Waals surface area (Å²) in [7, 11) is -16.8. The Bertz CT molecular complexity index is 1480. The van der Waals surface area contributed by atoms with E-state index in [0.29, 0.717) is 0 Å². The summed E-state index contributed by atoms with van der Waals surface area (Å²) in [6.07, 6.45) is 0. The third-order valence-corrected chi connectivity index (χ3v) is 18.8. The zero-order chi connectivity index (χ0) is 40.6. The summed E-state index contributed by atoms with van der Waals surface area (Å²) in [4.78, 5) is 0. The summed E-state index contributed by atoms with van der Waals surface area (Å²) in [6.45, 7) is 23.3. The molecule has 0 fully saturated rings. The van der Waals surface area contributed by atoms with Gasteiger partial charge in [-0.25, -0.2) is 0 Å². The molecule has 354 valence electrons. The van der Waals surface area contributed by atoms with Crippen LogP contribution in [0.5, 0.6) is 0 Å². The molecule has 0 saturated heterocycles. The van der Waals surface area contributed by atoms with Crippen molar-refractivity contribution < 1.29 is 96.9 Å². The molecule has 21 heteroatoms. The van der Waals surface area contributed by atoms with Crippen molar-refractivity contribution in [2.45, 2.75) is 104 Å². The molecule has 4 nitrogen and oxygen atoms in total. The van der Waals surface area contributed by atoms with Gasteiger partial charge in [-0.1, -0.05) is 72.8 Å². The van der Waals surface area contributed by atoms with Crippen LogP contribution in [0, 0.1) is 0 Å². The second kappa shape index (κ2) is 31.0. The molecular formula is C40H60B2F4O4P4Pd2S4W-6. The molecule has 0 aliphatic heterocycles. The molecule has 0 spiro atoms. The third-order valence-electron chi connectivity index (χ3n) is 7.89. The van der Waals surface area contributed by atoms with Gasteiger partial charge in [0.05, 0.1) is 20.6 Å². The molecule has 0 amide bonds. The minimum atomic E-state index is -4.40. The van der Waals surface area contributed by atoms with E-state index in [2.05, 4.69) is 0 Å². The van der Waals surface area contributed by atoms with E-state index in [4.69, 9.17) is 17.8 Å². The van der Waals surface area contributed by atoms with E-state index < -0.39 is 67.4 Å². The van der Waals surface area contributed by atoms with Gasteiger partial charge in [-0.3, -0.25) is 0 Å². The molecular weight excluding hydrogens is 1290 g/mol. The summed E-state index contributed by atoms with van der Waals surface area (Å²) < 4.78 is 82.0. The Hall–Kier alpha value is 1.70. The van der Waals surface area contributed by atoms with Crippen molar-refractivity contribution in [2.24, 2.45) is 0 Å². The minimum absolute atomic E-state index is 0. The van der Waals surface area contributed by atoms with Gasteiger partial charge in [0.2, 0.25) is 0 Å². The maximum absolute atomic E-state index is 15.0. The maximum atomic E-state index is 15.0. The van der Waals surface area contributed by atoms with Crippen LogP contribution in [0.2, 0.25) is 0 Å². The second-order valence-electron chi connectivity index (χ2n) is 17.3. The molecule has 0 saturated carbocycles. The number of hydrogen-bond acceptors (Lipinski definition) is 4. The van der Waals surface area contributed by atoms with Gasteiger partial charge in [-0.15, -0.1) is 0 Å². The molecule has 4 aromatic carbocycles. The van der Waals surface area contributed by atoms with Crippen molar-refractivity contribution in [2.75, 3.05) is 0 Å². The molecule has 0 aliphatic rings. The van der Waals surface area contributed by atoms with E-state index in [1.165, 1.54) is 0 Å². The first-order valence-corrected chi connectivity index (χ1v) is 23.9. The van der Waals surface area contributed by atoms with Crippen LogP contribution >= 0.6 is 32.6 Å². The maximum Gasteiger partial charge on any atom is 0.670 e.